The van der Waals surface area contributed by atoms with Crippen LogP contribution in [0.1, 0.15) is 33.4 Å². The van der Waals surface area contributed by atoms with Crippen LogP contribution in [-0.2, 0) is 16.2 Å². The van der Waals surface area contributed by atoms with Crippen molar-refractivity contribution < 1.29 is 19.1 Å². The number of carbonyl (C=O) groups is 3. The highest BCUT2D eigenvalue weighted by atomic mass is 32.2. The molecule has 184 valence electrons. The summed E-state index contributed by atoms with van der Waals surface area (Å²) in [5.41, 5.74) is 6.53. The molecule has 1 saturated heterocycles. The number of ether oxygens (including phenoxy) is 1. The average Bonchev–Trinajstić information content (AvgIpc) is 3.08. The minimum Gasteiger partial charge on any atom is -0.488 e. The highest BCUT2D eigenvalue weighted by Gasteiger charge is 2.36. The molecule has 0 radical (unpaired) electrons. The molecule has 3 aromatic carbocycles. The molecule has 0 bridgehead atoms. The molecular formula is C29H28N2O4S. The largest absolute Gasteiger partial charge is 0.488 e. The second-order valence-corrected chi connectivity index (χ2v) is 9.90. The Labute approximate surface area is 215 Å². The van der Waals surface area contributed by atoms with E-state index in [1.54, 1.807) is 6.08 Å². The van der Waals surface area contributed by atoms with E-state index in [2.05, 4.69) is 11.4 Å². The van der Waals surface area contributed by atoms with Gasteiger partial charge in [0.25, 0.3) is 11.1 Å². The lowest BCUT2D eigenvalue weighted by Crippen LogP contribution is -2.36. The van der Waals surface area contributed by atoms with Gasteiger partial charge in [-0.2, -0.15) is 0 Å². The summed E-state index contributed by atoms with van der Waals surface area (Å²) in [5, 5.41) is 2.37. The average molecular weight is 501 g/mol. The second-order valence-electron chi connectivity index (χ2n) is 8.91. The summed E-state index contributed by atoms with van der Waals surface area (Å²) >= 11 is 0.821. The molecular weight excluding hydrogens is 472 g/mol. The molecule has 6 nitrogen and oxygen atoms in total. The molecule has 1 fully saturated rings. The number of hydrogen-bond acceptors (Lipinski definition) is 5. The molecule has 0 atom stereocenters. The molecule has 3 aromatic rings. The maximum Gasteiger partial charge on any atom is 0.294 e. The number of rotatable bonds is 7. The lowest BCUT2D eigenvalue weighted by molar-refractivity contribution is -0.127. The topological polar surface area (TPSA) is 75.7 Å². The molecule has 1 aliphatic rings. The molecule has 3 amide bonds. The van der Waals surface area contributed by atoms with Crippen molar-refractivity contribution in [3.05, 3.63) is 98.9 Å². The van der Waals surface area contributed by atoms with Gasteiger partial charge in [0.1, 0.15) is 18.9 Å². The van der Waals surface area contributed by atoms with Crippen LogP contribution in [0.4, 0.5) is 10.5 Å². The summed E-state index contributed by atoms with van der Waals surface area (Å²) in [6.45, 7) is 7.88. The monoisotopic (exact) mass is 500 g/mol. The molecule has 1 N–H and O–H groups in total. The van der Waals surface area contributed by atoms with Gasteiger partial charge in [0.05, 0.1) is 4.91 Å². The molecule has 36 heavy (non-hydrogen) atoms. The highest BCUT2D eigenvalue weighted by Crippen LogP contribution is 2.34. The number of hydrogen-bond donors (Lipinski definition) is 1. The van der Waals surface area contributed by atoms with E-state index in [4.69, 9.17) is 4.74 Å². The van der Waals surface area contributed by atoms with Gasteiger partial charge in [-0.05, 0) is 68.3 Å². The molecule has 0 aromatic heterocycles. The van der Waals surface area contributed by atoms with Crippen LogP contribution in [0.2, 0.25) is 0 Å². The van der Waals surface area contributed by atoms with Crippen LogP contribution in [0.25, 0.3) is 6.08 Å². The Morgan fingerprint density at radius 1 is 0.944 bits per heavy atom. The summed E-state index contributed by atoms with van der Waals surface area (Å²) in [6, 6.07) is 19.4. The molecule has 0 aliphatic carbocycles. The SMILES string of the molecule is Cc1cccc(COc2ccccc2/C=C2/SC(=O)N(CC(=O)Nc3c(C)cc(C)cc3C)C2=O)c1. The number of anilines is 1. The number of amides is 3. The minimum atomic E-state index is -0.494. The number of aryl methyl sites for hydroxylation is 4. The van der Waals surface area contributed by atoms with Gasteiger partial charge in [-0.15, -0.1) is 0 Å². The Morgan fingerprint density at radius 3 is 2.39 bits per heavy atom. The van der Waals surface area contributed by atoms with Gasteiger partial charge >= 0.3 is 0 Å². The molecule has 1 heterocycles. The fourth-order valence-corrected chi connectivity index (χ4v) is 5.00. The van der Waals surface area contributed by atoms with Crippen LogP contribution in [0.15, 0.2) is 65.6 Å². The smallest absolute Gasteiger partial charge is 0.294 e. The maximum atomic E-state index is 13.0. The van der Waals surface area contributed by atoms with Crippen LogP contribution in [0, 0.1) is 27.7 Å². The van der Waals surface area contributed by atoms with E-state index >= 15 is 0 Å². The molecule has 1 aliphatic heterocycles. The van der Waals surface area contributed by atoms with Crippen LogP contribution >= 0.6 is 11.8 Å². The summed E-state index contributed by atoms with van der Waals surface area (Å²) in [4.78, 5) is 39.5. The number of nitrogens with one attached hydrogen (secondary N) is 1. The number of imide groups is 1. The van der Waals surface area contributed by atoms with Gasteiger partial charge < -0.3 is 10.1 Å². The van der Waals surface area contributed by atoms with Crippen molar-refractivity contribution >= 4 is 40.6 Å². The van der Waals surface area contributed by atoms with Crippen molar-refractivity contribution in [3.8, 4) is 5.75 Å². The summed E-state index contributed by atoms with van der Waals surface area (Å²) in [5.74, 6) is -0.310. The Hall–Kier alpha value is -3.84. The lowest BCUT2D eigenvalue weighted by atomic mass is 10.1. The summed E-state index contributed by atoms with van der Waals surface area (Å²) in [6.07, 6.45) is 1.64. The summed E-state index contributed by atoms with van der Waals surface area (Å²) < 4.78 is 6.01. The van der Waals surface area contributed by atoms with E-state index in [9.17, 15) is 14.4 Å². The van der Waals surface area contributed by atoms with Crippen molar-refractivity contribution in [1.29, 1.82) is 0 Å². The van der Waals surface area contributed by atoms with E-state index in [-0.39, 0.29) is 11.4 Å². The number of para-hydroxylation sites is 1. The fourth-order valence-electron chi connectivity index (χ4n) is 4.17. The first kappa shape index (κ1) is 25.3. The first-order valence-corrected chi connectivity index (χ1v) is 12.4. The van der Waals surface area contributed by atoms with Gasteiger partial charge in [0.15, 0.2) is 0 Å². The minimum absolute atomic E-state index is 0.252. The second kappa shape index (κ2) is 10.8. The Bertz CT molecular complexity index is 1360. The van der Waals surface area contributed by atoms with E-state index in [1.165, 1.54) is 0 Å². The van der Waals surface area contributed by atoms with E-state index in [1.807, 2.05) is 82.3 Å². The zero-order valence-electron chi connectivity index (χ0n) is 20.8. The van der Waals surface area contributed by atoms with Crippen molar-refractivity contribution in [3.63, 3.8) is 0 Å². The van der Waals surface area contributed by atoms with Crippen molar-refractivity contribution in [2.24, 2.45) is 0 Å². The van der Waals surface area contributed by atoms with Gasteiger partial charge in [0.2, 0.25) is 5.91 Å². The Kier molecular flexibility index (Phi) is 7.60. The van der Waals surface area contributed by atoms with Crippen LogP contribution < -0.4 is 10.1 Å². The van der Waals surface area contributed by atoms with Crippen LogP contribution in [-0.4, -0.2) is 28.5 Å². The summed E-state index contributed by atoms with van der Waals surface area (Å²) in [7, 11) is 0. The third-order valence-corrected chi connectivity index (χ3v) is 6.71. The normalized spacial score (nSPS) is 14.4. The number of nitrogens with zero attached hydrogens (tertiary/aromatic N) is 1. The highest BCUT2D eigenvalue weighted by molar-refractivity contribution is 8.18. The predicted octanol–water partition coefficient (Wildman–Crippen LogP) is 6.17. The van der Waals surface area contributed by atoms with Gasteiger partial charge in [0, 0.05) is 11.3 Å². The van der Waals surface area contributed by atoms with Crippen molar-refractivity contribution in [2.45, 2.75) is 34.3 Å². The zero-order chi connectivity index (χ0) is 25.8. The lowest BCUT2D eigenvalue weighted by Gasteiger charge is -2.16. The maximum absolute atomic E-state index is 13.0. The molecule has 7 heteroatoms. The van der Waals surface area contributed by atoms with Crippen molar-refractivity contribution in [1.82, 2.24) is 4.90 Å². The van der Waals surface area contributed by atoms with Crippen LogP contribution in [0.5, 0.6) is 5.75 Å². The predicted molar refractivity (Wildman–Crippen MR) is 144 cm³/mol. The fraction of sp³-hybridized carbons (Fsp3) is 0.207. The standard InChI is InChI=1S/C29H28N2O4S/c1-18-8-7-9-22(14-18)17-35-24-11-6-5-10-23(24)15-25-28(33)31(29(34)36-25)16-26(32)30-27-20(3)12-19(2)13-21(27)4/h5-15H,16-17H2,1-4H3,(H,30,32)/b25-15+. The number of thioether (sulfide) groups is 1. The third kappa shape index (κ3) is 5.86. The van der Waals surface area contributed by atoms with Crippen molar-refractivity contribution in [2.75, 3.05) is 11.9 Å². The first-order valence-electron chi connectivity index (χ1n) is 11.6. The van der Waals surface area contributed by atoms with E-state index in [0.29, 0.717) is 23.6 Å². The van der Waals surface area contributed by atoms with Gasteiger partial charge in [-0.25, -0.2) is 0 Å². The van der Waals surface area contributed by atoms with E-state index < -0.39 is 17.1 Å². The zero-order valence-corrected chi connectivity index (χ0v) is 21.6. The van der Waals surface area contributed by atoms with Gasteiger partial charge in [-0.1, -0.05) is 65.7 Å². The van der Waals surface area contributed by atoms with Crippen LogP contribution in [0.3, 0.4) is 0 Å². The third-order valence-electron chi connectivity index (χ3n) is 5.80. The molecule has 0 saturated carbocycles. The molecule has 4 rings (SSSR count). The molecule has 0 unspecified atom stereocenters. The number of carbonyl (C=O) groups excluding carboxylic acids is 3. The number of benzene rings is 3. The van der Waals surface area contributed by atoms with E-state index in [0.717, 1.165) is 44.5 Å². The Balaban J connectivity index is 1.46. The van der Waals surface area contributed by atoms with Gasteiger partial charge in [-0.3, -0.25) is 19.3 Å². The Morgan fingerprint density at radius 2 is 1.67 bits per heavy atom. The molecule has 0 spiro atoms. The quantitative estimate of drug-likeness (QED) is 0.393. The first-order chi connectivity index (χ1) is 17.2.